The number of fused-ring (bicyclic) bond motifs is 1. The third kappa shape index (κ3) is 3.70. The van der Waals surface area contributed by atoms with E-state index in [9.17, 15) is 18.3 Å². The Hall–Kier alpha value is -2.93. The van der Waals surface area contributed by atoms with Crippen molar-refractivity contribution >= 4 is 26.8 Å². The molecule has 0 amide bonds. The molecular weight excluding hydrogens is 388 g/mol. The summed E-state index contributed by atoms with van der Waals surface area (Å²) in [6.45, 7) is 3.87. The highest BCUT2D eigenvalue weighted by Gasteiger charge is 2.27. The predicted octanol–water partition coefficient (Wildman–Crippen LogP) is 2.92. The summed E-state index contributed by atoms with van der Waals surface area (Å²) in [6.07, 6.45) is 1.97. The van der Waals surface area contributed by atoms with Gasteiger partial charge in [0.25, 0.3) is 5.56 Å². The summed E-state index contributed by atoms with van der Waals surface area (Å²) >= 11 is 0. The second-order valence-corrected chi connectivity index (χ2v) is 9.83. The van der Waals surface area contributed by atoms with Gasteiger partial charge in [0.2, 0.25) is 5.88 Å². The maximum Gasteiger partial charge on any atom is 0.265 e. The molecule has 0 aliphatic carbocycles. The van der Waals surface area contributed by atoms with E-state index < -0.39 is 9.84 Å². The van der Waals surface area contributed by atoms with Gasteiger partial charge in [-0.2, -0.15) is 0 Å². The van der Waals surface area contributed by atoms with Gasteiger partial charge in [-0.05, 0) is 49.6 Å². The fraction of sp³-hybridized carbons (Fsp3) is 0.273. The lowest BCUT2D eigenvalue weighted by Gasteiger charge is -2.15. The lowest BCUT2D eigenvalue weighted by Crippen LogP contribution is -2.20. The van der Waals surface area contributed by atoms with Crippen LogP contribution in [0.25, 0.3) is 16.5 Å². The molecule has 1 saturated heterocycles. The van der Waals surface area contributed by atoms with E-state index >= 15 is 0 Å². The molecular formula is C22H22N2O4S. The monoisotopic (exact) mass is 410 g/mol. The fourth-order valence-electron chi connectivity index (χ4n) is 3.88. The van der Waals surface area contributed by atoms with Crippen molar-refractivity contribution in [1.82, 2.24) is 4.57 Å². The Morgan fingerprint density at radius 3 is 2.38 bits per heavy atom. The van der Waals surface area contributed by atoms with Crippen LogP contribution >= 0.6 is 0 Å². The van der Waals surface area contributed by atoms with Gasteiger partial charge in [-0.15, -0.1) is 0 Å². The van der Waals surface area contributed by atoms with Crippen LogP contribution in [0.4, 0.5) is 0 Å². The van der Waals surface area contributed by atoms with Gasteiger partial charge < -0.3 is 5.11 Å². The predicted molar refractivity (Wildman–Crippen MR) is 115 cm³/mol. The molecule has 1 fully saturated rings. The van der Waals surface area contributed by atoms with Crippen LogP contribution < -0.4 is 5.56 Å². The molecule has 2 heterocycles. The highest BCUT2D eigenvalue weighted by atomic mass is 32.2. The summed E-state index contributed by atoms with van der Waals surface area (Å²) in [5, 5.41) is 12.1. The number of aromatic nitrogens is 1. The molecule has 1 aromatic heterocycles. The second-order valence-electron chi connectivity index (χ2n) is 7.60. The van der Waals surface area contributed by atoms with Crippen LogP contribution in [0.1, 0.15) is 23.1 Å². The highest BCUT2D eigenvalue weighted by Crippen LogP contribution is 2.27. The van der Waals surface area contributed by atoms with Crippen molar-refractivity contribution in [3.8, 4) is 11.6 Å². The third-order valence-corrected chi connectivity index (χ3v) is 6.94. The molecule has 4 rings (SSSR count). The molecule has 150 valence electrons. The Morgan fingerprint density at radius 2 is 1.76 bits per heavy atom. The first-order chi connectivity index (χ1) is 13.7. The molecule has 1 aliphatic rings. The van der Waals surface area contributed by atoms with E-state index in [1.807, 2.05) is 32.0 Å². The van der Waals surface area contributed by atoms with Crippen LogP contribution in [0, 0.1) is 13.8 Å². The van der Waals surface area contributed by atoms with E-state index in [1.165, 1.54) is 10.8 Å². The van der Waals surface area contributed by atoms with Gasteiger partial charge in [0.1, 0.15) is 0 Å². The molecule has 1 atom stereocenters. The number of sulfone groups is 1. The summed E-state index contributed by atoms with van der Waals surface area (Å²) < 4.78 is 24.7. The molecule has 1 aliphatic heterocycles. The average molecular weight is 410 g/mol. The number of aromatic hydroxyl groups is 1. The average Bonchev–Trinajstić information content (AvgIpc) is 3.00. The fourth-order valence-corrected chi connectivity index (χ4v) is 5.52. The first-order valence-electron chi connectivity index (χ1n) is 9.44. The maximum absolute atomic E-state index is 13.1. The smallest absolute Gasteiger partial charge is 0.265 e. The van der Waals surface area contributed by atoms with E-state index in [-0.39, 0.29) is 29.0 Å². The maximum atomic E-state index is 13.1. The number of aliphatic imine (C=N–C) groups is 1. The molecule has 0 unspecified atom stereocenters. The van der Waals surface area contributed by atoms with Gasteiger partial charge in [0.05, 0.1) is 28.8 Å². The summed E-state index contributed by atoms with van der Waals surface area (Å²) in [4.78, 5) is 17.6. The Labute approximate surface area is 169 Å². The number of pyridine rings is 1. The Morgan fingerprint density at radius 1 is 1.10 bits per heavy atom. The number of hydrogen-bond donors (Lipinski definition) is 1. The lowest BCUT2D eigenvalue weighted by molar-refractivity contribution is 0.436. The van der Waals surface area contributed by atoms with E-state index in [1.54, 1.807) is 24.3 Å². The first-order valence-corrected chi connectivity index (χ1v) is 11.3. The van der Waals surface area contributed by atoms with Crippen molar-refractivity contribution in [3.63, 3.8) is 0 Å². The zero-order valence-electron chi connectivity index (χ0n) is 16.3. The van der Waals surface area contributed by atoms with Crippen molar-refractivity contribution in [3.05, 3.63) is 69.5 Å². The van der Waals surface area contributed by atoms with Gasteiger partial charge >= 0.3 is 0 Å². The van der Waals surface area contributed by atoms with Gasteiger partial charge in [0, 0.05) is 17.0 Å². The topological polar surface area (TPSA) is 88.7 Å². The van der Waals surface area contributed by atoms with Crippen molar-refractivity contribution in [2.75, 3.05) is 11.5 Å². The minimum atomic E-state index is -3.05. The molecule has 6 nitrogen and oxygen atoms in total. The van der Waals surface area contributed by atoms with E-state index in [4.69, 9.17) is 0 Å². The second kappa shape index (κ2) is 7.15. The number of nitrogens with zero attached hydrogens (tertiary/aromatic N) is 2. The van der Waals surface area contributed by atoms with Crippen molar-refractivity contribution in [2.24, 2.45) is 4.99 Å². The van der Waals surface area contributed by atoms with Crippen LogP contribution in [0.3, 0.4) is 0 Å². The molecule has 0 spiro atoms. The molecule has 0 saturated carbocycles. The zero-order valence-corrected chi connectivity index (χ0v) is 17.1. The molecule has 3 aromatic rings. The Kier molecular flexibility index (Phi) is 4.78. The quantitative estimate of drug-likeness (QED) is 0.673. The third-order valence-electron chi connectivity index (χ3n) is 5.19. The SMILES string of the molecule is Cc1cc(C)cc(-n2c(O)c(C=N[C@@H]3CCS(=O)(=O)C3)c3ccccc3c2=O)c1. The molecule has 2 aromatic carbocycles. The molecule has 0 radical (unpaired) electrons. The van der Waals surface area contributed by atoms with Gasteiger partial charge in [-0.1, -0.05) is 24.3 Å². The summed E-state index contributed by atoms with van der Waals surface area (Å²) in [7, 11) is -3.05. The van der Waals surface area contributed by atoms with Crippen LogP contribution in [-0.2, 0) is 9.84 Å². The largest absolute Gasteiger partial charge is 0.494 e. The van der Waals surface area contributed by atoms with Crippen molar-refractivity contribution in [1.29, 1.82) is 0 Å². The zero-order chi connectivity index (χ0) is 20.8. The summed E-state index contributed by atoms with van der Waals surface area (Å²) in [5.74, 6) is -0.0637. The number of aryl methyl sites for hydroxylation is 2. The summed E-state index contributed by atoms with van der Waals surface area (Å²) in [6, 6.07) is 12.4. The van der Waals surface area contributed by atoms with Crippen LogP contribution in [0.2, 0.25) is 0 Å². The standard InChI is InChI=1S/C22H22N2O4S/c1-14-9-15(2)11-17(10-14)24-21(25)19-6-4-3-5-18(19)20(22(24)26)12-23-16-7-8-29(27,28)13-16/h3-6,9-12,16,26H,7-8,13H2,1-2H3/t16-/m1/s1. The van der Waals surface area contributed by atoms with Crippen molar-refractivity contribution < 1.29 is 13.5 Å². The molecule has 29 heavy (non-hydrogen) atoms. The van der Waals surface area contributed by atoms with E-state index in [0.29, 0.717) is 28.4 Å². The minimum absolute atomic E-state index is 0.0128. The molecule has 1 N–H and O–H groups in total. The van der Waals surface area contributed by atoms with E-state index in [0.717, 1.165) is 11.1 Å². The van der Waals surface area contributed by atoms with Gasteiger partial charge in [-0.25, -0.2) is 13.0 Å². The highest BCUT2D eigenvalue weighted by molar-refractivity contribution is 7.91. The number of benzene rings is 2. The van der Waals surface area contributed by atoms with Crippen molar-refractivity contribution in [2.45, 2.75) is 26.3 Å². The van der Waals surface area contributed by atoms with E-state index in [2.05, 4.69) is 4.99 Å². The first kappa shape index (κ1) is 19.4. The Bertz CT molecular complexity index is 1290. The number of rotatable bonds is 3. The minimum Gasteiger partial charge on any atom is -0.494 e. The molecule has 7 heteroatoms. The normalized spacial score (nSPS) is 18.6. The van der Waals surface area contributed by atoms with Crippen LogP contribution in [0.5, 0.6) is 5.88 Å². The van der Waals surface area contributed by atoms with Gasteiger partial charge in [0.15, 0.2) is 9.84 Å². The van der Waals surface area contributed by atoms with Crippen LogP contribution in [0.15, 0.2) is 52.3 Å². The summed E-state index contributed by atoms with van der Waals surface area (Å²) in [5.41, 5.74) is 2.62. The van der Waals surface area contributed by atoms with Crippen LogP contribution in [-0.4, -0.2) is 41.9 Å². The lowest BCUT2D eigenvalue weighted by atomic mass is 10.1. The van der Waals surface area contributed by atoms with Gasteiger partial charge in [-0.3, -0.25) is 9.79 Å². The molecule has 0 bridgehead atoms. The Balaban J connectivity index is 1.93. The number of hydrogen-bond acceptors (Lipinski definition) is 5.